The quantitative estimate of drug-likeness (QED) is 0.576. The van der Waals surface area contributed by atoms with Crippen molar-refractivity contribution in [1.82, 2.24) is 5.32 Å². The topological polar surface area (TPSA) is 67.4 Å². The first-order valence-electron chi connectivity index (χ1n) is 9.96. The Morgan fingerprint density at radius 2 is 1.43 bits per heavy atom. The van der Waals surface area contributed by atoms with Gasteiger partial charge in [-0.15, -0.1) is 0 Å². The summed E-state index contributed by atoms with van der Waals surface area (Å²) in [5.41, 5.74) is 2.26. The van der Waals surface area contributed by atoms with E-state index in [1.54, 1.807) is 36.4 Å². The van der Waals surface area contributed by atoms with Gasteiger partial charge in [0.2, 0.25) is 5.91 Å². The molecule has 0 spiro atoms. The average Bonchev–Trinajstić information content (AvgIpc) is 2.78. The van der Waals surface area contributed by atoms with Crippen LogP contribution in [0.15, 0.2) is 84.9 Å². The molecule has 5 heteroatoms. The van der Waals surface area contributed by atoms with E-state index in [4.69, 9.17) is 4.74 Å². The van der Waals surface area contributed by atoms with Gasteiger partial charge in [-0.1, -0.05) is 62.4 Å². The van der Waals surface area contributed by atoms with Crippen LogP contribution in [0.1, 0.15) is 29.8 Å². The molecule has 0 aliphatic carbocycles. The molecule has 30 heavy (non-hydrogen) atoms. The fourth-order valence-electron chi connectivity index (χ4n) is 2.94. The number of amides is 2. The van der Waals surface area contributed by atoms with Gasteiger partial charge in [-0.25, -0.2) is 0 Å². The van der Waals surface area contributed by atoms with Crippen molar-refractivity contribution in [3.8, 4) is 5.75 Å². The lowest BCUT2D eigenvalue weighted by Crippen LogP contribution is -2.47. The lowest BCUT2D eigenvalue weighted by Gasteiger charge is -2.22. The molecule has 0 fully saturated rings. The van der Waals surface area contributed by atoms with E-state index in [1.807, 2.05) is 62.4 Å². The number of carbonyl (C=O) groups is 2. The van der Waals surface area contributed by atoms with E-state index in [0.717, 1.165) is 11.3 Å². The van der Waals surface area contributed by atoms with Crippen LogP contribution < -0.4 is 15.4 Å². The first-order chi connectivity index (χ1) is 14.5. The second kappa shape index (κ2) is 10.3. The highest BCUT2D eigenvalue weighted by molar-refractivity contribution is 6.01. The van der Waals surface area contributed by atoms with E-state index in [2.05, 4.69) is 10.6 Å². The van der Waals surface area contributed by atoms with Gasteiger partial charge in [-0.3, -0.25) is 9.59 Å². The normalized spacial score (nSPS) is 11.6. The maximum atomic E-state index is 12.8. The van der Waals surface area contributed by atoms with Crippen LogP contribution in [-0.2, 0) is 11.4 Å². The second-order valence-electron chi connectivity index (χ2n) is 7.35. The van der Waals surface area contributed by atoms with E-state index in [-0.39, 0.29) is 17.7 Å². The van der Waals surface area contributed by atoms with Gasteiger partial charge in [0.1, 0.15) is 18.4 Å². The molecule has 0 aliphatic heterocycles. The average molecular weight is 402 g/mol. The maximum absolute atomic E-state index is 12.8. The standard InChI is InChI=1S/C25H26N2O3/c1-18(2)23(27-24(28)20-11-7-4-8-12-20)25(29)26-21-13-15-22(16-14-21)30-17-19-9-5-3-6-10-19/h3-16,18,23H,17H2,1-2H3,(H,26,29)(H,27,28)/t23-/m0/s1. The van der Waals surface area contributed by atoms with E-state index in [1.165, 1.54) is 0 Å². The molecule has 2 N–H and O–H groups in total. The van der Waals surface area contributed by atoms with Crippen LogP contribution in [0.5, 0.6) is 5.75 Å². The van der Waals surface area contributed by atoms with Gasteiger partial charge in [0.25, 0.3) is 5.91 Å². The van der Waals surface area contributed by atoms with Crippen molar-refractivity contribution in [2.75, 3.05) is 5.32 Å². The molecule has 0 saturated carbocycles. The molecule has 5 nitrogen and oxygen atoms in total. The minimum absolute atomic E-state index is 0.0638. The van der Waals surface area contributed by atoms with E-state index in [9.17, 15) is 9.59 Å². The molecule has 0 heterocycles. The number of hydrogen-bond acceptors (Lipinski definition) is 3. The Hall–Kier alpha value is -3.60. The van der Waals surface area contributed by atoms with Crippen LogP contribution >= 0.6 is 0 Å². The molecule has 0 radical (unpaired) electrons. The zero-order valence-corrected chi connectivity index (χ0v) is 17.2. The minimum atomic E-state index is -0.647. The molecule has 154 valence electrons. The van der Waals surface area contributed by atoms with E-state index in [0.29, 0.717) is 17.9 Å². The Morgan fingerprint density at radius 3 is 2.03 bits per heavy atom. The van der Waals surface area contributed by atoms with E-state index < -0.39 is 6.04 Å². The number of rotatable bonds is 8. The van der Waals surface area contributed by atoms with Crippen LogP contribution in [-0.4, -0.2) is 17.9 Å². The lowest BCUT2D eigenvalue weighted by atomic mass is 10.0. The largest absolute Gasteiger partial charge is 0.489 e. The van der Waals surface area contributed by atoms with Crippen LogP contribution in [0, 0.1) is 5.92 Å². The molecule has 3 aromatic rings. The number of anilines is 1. The molecule has 0 unspecified atom stereocenters. The summed E-state index contributed by atoms with van der Waals surface area (Å²) in [5.74, 6) is 0.127. The third kappa shape index (κ3) is 5.95. The van der Waals surface area contributed by atoms with Crippen molar-refractivity contribution < 1.29 is 14.3 Å². The Morgan fingerprint density at radius 1 is 0.833 bits per heavy atom. The summed E-state index contributed by atoms with van der Waals surface area (Å²) in [6.07, 6.45) is 0. The van der Waals surface area contributed by atoms with Gasteiger partial charge in [0.15, 0.2) is 0 Å². The first-order valence-corrected chi connectivity index (χ1v) is 9.96. The Balaban J connectivity index is 1.58. The molecule has 1 atom stereocenters. The Kier molecular flexibility index (Phi) is 7.22. The third-order valence-electron chi connectivity index (χ3n) is 4.64. The predicted octanol–water partition coefficient (Wildman–Crippen LogP) is 4.66. The molecule has 3 aromatic carbocycles. The SMILES string of the molecule is CC(C)[C@H](NC(=O)c1ccccc1)C(=O)Nc1ccc(OCc2ccccc2)cc1. The highest BCUT2D eigenvalue weighted by Gasteiger charge is 2.24. The summed E-state index contributed by atoms with van der Waals surface area (Å²) in [6, 6.07) is 25.3. The number of nitrogens with one attached hydrogen (secondary N) is 2. The van der Waals surface area contributed by atoms with Crippen LogP contribution in [0.25, 0.3) is 0 Å². The zero-order valence-electron chi connectivity index (χ0n) is 17.2. The molecule has 0 aromatic heterocycles. The van der Waals surface area contributed by atoms with Crippen LogP contribution in [0.4, 0.5) is 5.69 Å². The van der Waals surface area contributed by atoms with Crippen LogP contribution in [0.2, 0.25) is 0 Å². The molecular formula is C25H26N2O3. The summed E-state index contributed by atoms with van der Waals surface area (Å²) in [4.78, 5) is 25.2. The van der Waals surface area contributed by atoms with Crippen molar-refractivity contribution in [1.29, 1.82) is 0 Å². The maximum Gasteiger partial charge on any atom is 0.251 e. The molecule has 2 amide bonds. The second-order valence-corrected chi connectivity index (χ2v) is 7.35. The summed E-state index contributed by atoms with van der Waals surface area (Å²) >= 11 is 0. The fourth-order valence-corrected chi connectivity index (χ4v) is 2.94. The van der Waals surface area contributed by atoms with Crippen molar-refractivity contribution in [3.63, 3.8) is 0 Å². The fraction of sp³-hybridized carbons (Fsp3) is 0.200. The van der Waals surface area contributed by atoms with Gasteiger partial charge in [-0.2, -0.15) is 0 Å². The number of benzene rings is 3. The Labute approximate surface area is 177 Å². The molecule has 0 bridgehead atoms. The zero-order chi connectivity index (χ0) is 21.3. The van der Waals surface area contributed by atoms with Gasteiger partial charge < -0.3 is 15.4 Å². The van der Waals surface area contributed by atoms with Crippen molar-refractivity contribution >= 4 is 17.5 Å². The highest BCUT2D eigenvalue weighted by Crippen LogP contribution is 2.18. The number of hydrogen-bond donors (Lipinski definition) is 2. The van der Waals surface area contributed by atoms with Crippen molar-refractivity contribution in [2.45, 2.75) is 26.5 Å². The summed E-state index contributed by atoms with van der Waals surface area (Å²) in [5, 5.41) is 5.70. The van der Waals surface area contributed by atoms with Crippen LogP contribution in [0.3, 0.4) is 0 Å². The van der Waals surface area contributed by atoms with Gasteiger partial charge in [0, 0.05) is 11.3 Å². The smallest absolute Gasteiger partial charge is 0.251 e. The van der Waals surface area contributed by atoms with Gasteiger partial charge >= 0.3 is 0 Å². The van der Waals surface area contributed by atoms with Gasteiger partial charge in [0.05, 0.1) is 0 Å². The van der Waals surface area contributed by atoms with Gasteiger partial charge in [-0.05, 0) is 47.9 Å². The molecule has 0 aliphatic rings. The number of carbonyl (C=O) groups excluding carboxylic acids is 2. The first kappa shape index (κ1) is 21.1. The highest BCUT2D eigenvalue weighted by atomic mass is 16.5. The summed E-state index contributed by atoms with van der Waals surface area (Å²) in [7, 11) is 0. The molecule has 0 saturated heterocycles. The molecule has 3 rings (SSSR count). The van der Waals surface area contributed by atoms with E-state index >= 15 is 0 Å². The summed E-state index contributed by atoms with van der Waals surface area (Å²) < 4.78 is 5.77. The minimum Gasteiger partial charge on any atom is -0.489 e. The molecular weight excluding hydrogens is 376 g/mol. The Bertz CT molecular complexity index is 955. The predicted molar refractivity (Wildman–Crippen MR) is 118 cm³/mol. The monoisotopic (exact) mass is 402 g/mol. The lowest BCUT2D eigenvalue weighted by molar-refractivity contribution is -0.118. The van der Waals surface area contributed by atoms with Crippen molar-refractivity contribution in [2.24, 2.45) is 5.92 Å². The summed E-state index contributed by atoms with van der Waals surface area (Å²) in [6.45, 7) is 4.28. The third-order valence-corrected chi connectivity index (χ3v) is 4.64. The van der Waals surface area contributed by atoms with Crippen molar-refractivity contribution in [3.05, 3.63) is 96.1 Å². The number of ether oxygens (including phenoxy) is 1.